The van der Waals surface area contributed by atoms with Crippen LogP contribution in [-0.4, -0.2) is 38.0 Å². The quantitative estimate of drug-likeness (QED) is 0.280. The molecule has 0 radical (unpaired) electrons. The van der Waals surface area contributed by atoms with E-state index in [0.29, 0.717) is 29.3 Å². The number of allylic oxidation sites excluding steroid dienone is 4. The molecule has 0 amide bonds. The van der Waals surface area contributed by atoms with Crippen LogP contribution in [0.25, 0.3) is 0 Å². The van der Waals surface area contributed by atoms with E-state index >= 15 is 0 Å². The van der Waals surface area contributed by atoms with E-state index in [-0.39, 0.29) is 22.7 Å². The van der Waals surface area contributed by atoms with E-state index < -0.39 is 5.60 Å². The molecule has 1 fully saturated rings. The first-order chi connectivity index (χ1) is 15.5. The highest BCUT2D eigenvalue weighted by molar-refractivity contribution is 7.99. The lowest BCUT2D eigenvalue weighted by Gasteiger charge is -2.44. The fourth-order valence-corrected chi connectivity index (χ4v) is 5.88. The van der Waals surface area contributed by atoms with Crippen LogP contribution in [0.5, 0.6) is 0 Å². The first-order valence-electron chi connectivity index (χ1n) is 12.2. The minimum atomic E-state index is -1.34. The molecule has 2 N–H and O–H groups in total. The molecule has 1 aromatic rings. The summed E-state index contributed by atoms with van der Waals surface area (Å²) >= 11 is 1.33. The third-order valence-electron chi connectivity index (χ3n) is 7.59. The number of carbonyl (C=O) groups is 2. The van der Waals surface area contributed by atoms with E-state index in [0.717, 1.165) is 32.1 Å². The lowest BCUT2D eigenvalue weighted by atomic mass is 9.62. The van der Waals surface area contributed by atoms with Gasteiger partial charge in [-0.3, -0.25) is 9.59 Å². The SMILES string of the molecule is C/C=C\C(=O)/C=C1/CCC(C(CC[C@](C)(O)C(=O)CSc2ncc[nH]2)C(C)(C)CC)CC1C. The first-order valence-corrected chi connectivity index (χ1v) is 13.2. The third-order valence-corrected chi connectivity index (χ3v) is 8.49. The lowest BCUT2D eigenvalue weighted by Crippen LogP contribution is -2.40. The maximum Gasteiger partial charge on any atom is 0.178 e. The Morgan fingerprint density at radius 3 is 2.67 bits per heavy atom. The van der Waals surface area contributed by atoms with Gasteiger partial charge in [0.1, 0.15) is 5.60 Å². The molecule has 33 heavy (non-hydrogen) atoms. The Bertz CT molecular complexity index is 840. The Morgan fingerprint density at radius 2 is 2.09 bits per heavy atom. The number of aromatic amines is 1. The zero-order valence-corrected chi connectivity index (χ0v) is 22.0. The minimum absolute atomic E-state index is 0.0743. The predicted octanol–water partition coefficient (Wildman–Crippen LogP) is 6.16. The molecule has 6 heteroatoms. The number of nitrogens with one attached hydrogen (secondary N) is 1. The second-order valence-corrected chi connectivity index (χ2v) is 11.4. The van der Waals surface area contributed by atoms with Crippen molar-refractivity contribution in [3.63, 3.8) is 0 Å². The monoisotopic (exact) mass is 474 g/mol. The van der Waals surface area contributed by atoms with Crippen molar-refractivity contribution in [1.29, 1.82) is 0 Å². The molecule has 1 aromatic heterocycles. The summed E-state index contributed by atoms with van der Waals surface area (Å²) in [6, 6.07) is 0. The van der Waals surface area contributed by atoms with Crippen LogP contribution in [0, 0.1) is 23.2 Å². The summed E-state index contributed by atoms with van der Waals surface area (Å²) in [7, 11) is 0. The number of nitrogens with zero attached hydrogens (tertiary/aromatic N) is 1. The zero-order valence-electron chi connectivity index (χ0n) is 21.2. The van der Waals surface area contributed by atoms with E-state index in [4.69, 9.17) is 0 Å². The molecular formula is C27H42N2O3S. The number of hydrogen-bond acceptors (Lipinski definition) is 5. The van der Waals surface area contributed by atoms with E-state index in [9.17, 15) is 14.7 Å². The summed E-state index contributed by atoms with van der Waals surface area (Å²) < 4.78 is 0. The van der Waals surface area contributed by atoms with E-state index in [1.54, 1.807) is 31.5 Å². The van der Waals surface area contributed by atoms with Crippen molar-refractivity contribution >= 4 is 23.3 Å². The molecule has 0 aliphatic heterocycles. The second kappa shape index (κ2) is 12.2. The van der Waals surface area contributed by atoms with Crippen LogP contribution in [-0.2, 0) is 9.59 Å². The molecule has 1 saturated carbocycles. The summed E-state index contributed by atoms with van der Waals surface area (Å²) in [5, 5.41) is 11.7. The van der Waals surface area contributed by atoms with E-state index in [2.05, 4.69) is 37.7 Å². The molecule has 0 bridgehead atoms. The number of ketones is 2. The molecule has 3 unspecified atom stereocenters. The molecular weight excluding hydrogens is 432 g/mol. The van der Waals surface area contributed by atoms with Crippen LogP contribution < -0.4 is 0 Å². The van der Waals surface area contributed by atoms with Gasteiger partial charge in [-0.2, -0.15) is 0 Å². The van der Waals surface area contributed by atoms with Crippen LogP contribution in [0.2, 0.25) is 0 Å². The Balaban J connectivity index is 2.05. The van der Waals surface area contributed by atoms with Gasteiger partial charge in [-0.1, -0.05) is 57.5 Å². The molecule has 1 aliphatic rings. The van der Waals surface area contributed by atoms with Gasteiger partial charge in [0, 0.05) is 12.4 Å². The second-order valence-electron chi connectivity index (χ2n) is 10.4. The number of H-pyrrole nitrogens is 1. The lowest BCUT2D eigenvalue weighted by molar-refractivity contribution is -0.134. The summed E-state index contributed by atoms with van der Waals surface area (Å²) in [6.07, 6.45) is 14.0. The standard InChI is InChI=1S/C27H42N2O3S/c1-7-9-22(30)17-20-10-11-21(16-19(20)3)23(26(4,5)8-2)12-13-27(6,32)24(31)18-33-25-28-14-15-29-25/h7,9,14-15,17,19,21,23,32H,8,10-13,16,18H2,1-6H3,(H,28,29)/b9-7-,20-17-/t19?,21?,23?,27-/m0/s1. The highest BCUT2D eigenvalue weighted by atomic mass is 32.2. The molecule has 1 aliphatic carbocycles. The summed E-state index contributed by atoms with van der Waals surface area (Å²) in [5.41, 5.74) is 0.0277. The zero-order chi connectivity index (χ0) is 24.6. The number of thioether (sulfide) groups is 1. The van der Waals surface area contributed by atoms with E-state index in [1.807, 2.05) is 13.0 Å². The Morgan fingerprint density at radius 1 is 1.36 bits per heavy atom. The van der Waals surface area contributed by atoms with Crippen LogP contribution in [0.4, 0.5) is 0 Å². The summed E-state index contributed by atoms with van der Waals surface area (Å²) in [6.45, 7) is 12.6. The third kappa shape index (κ3) is 7.96. The molecule has 4 atom stereocenters. The molecule has 2 rings (SSSR count). The Kier molecular flexibility index (Phi) is 10.2. The van der Waals surface area contributed by atoms with Gasteiger partial charge in [0.05, 0.1) is 5.75 Å². The maximum absolute atomic E-state index is 12.8. The van der Waals surface area contributed by atoms with Crippen molar-refractivity contribution in [1.82, 2.24) is 9.97 Å². The molecule has 5 nitrogen and oxygen atoms in total. The topological polar surface area (TPSA) is 83.0 Å². The maximum atomic E-state index is 12.8. The van der Waals surface area contributed by atoms with Gasteiger partial charge in [0.25, 0.3) is 0 Å². The average Bonchev–Trinajstić information content (AvgIpc) is 3.27. The highest BCUT2D eigenvalue weighted by Crippen LogP contribution is 2.47. The van der Waals surface area contributed by atoms with Gasteiger partial charge in [-0.05, 0) is 81.3 Å². The molecule has 1 heterocycles. The molecule has 0 spiro atoms. The first kappa shape index (κ1) is 27.6. The van der Waals surface area contributed by atoms with E-state index in [1.165, 1.54) is 17.3 Å². The average molecular weight is 475 g/mol. The van der Waals surface area contributed by atoms with Crippen molar-refractivity contribution in [2.75, 3.05) is 5.75 Å². The normalized spacial score (nSPS) is 23.5. The fraction of sp³-hybridized carbons (Fsp3) is 0.667. The van der Waals surface area contributed by atoms with Crippen molar-refractivity contribution in [3.05, 3.63) is 36.2 Å². The number of hydrogen-bond donors (Lipinski definition) is 2. The number of Topliss-reactive ketones (excluding diaryl/α,β-unsaturated/α-hetero) is 1. The number of rotatable bonds is 12. The summed E-state index contributed by atoms with van der Waals surface area (Å²) in [5.74, 6) is 1.44. The van der Waals surface area contributed by atoms with Gasteiger partial charge in [0.2, 0.25) is 0 Å². The number of aromatic nitrogens is 2. The summed E-state index contributed by atoms with van der Waals surface area (Å²) in [4.78, 5) is 31.9. The van der Waals surface area contributed by atoms with Gasteiger partial charge in [-0.25, -0.2) is 4.98 Å². The predicted molar refractivity (Wildman–Crippen MR) is 136 cm³/mol. The van der Waals surface area contributed by atoms with Gasteiger partial charge >= 0.3 is 0 Å². The van der Waals surface area contributed by atoms with Gasteiger partial charge < -0.3 is 10.1 Å². The van der Waals surface area contributed by atoms with Crippen molar-refractivity contribution in [2.45, 2.75) is 90.8 Å². The van der Waals surface area contributed by atoms with Crippen molar-refractivity contribution in [3.8, 4) is 0 Å². The smallest absolute Gasteiger partial charge is 0.178 e. The Hall–Kier alpha value is -1.66. The Labute approximate surface area is 203 Å². The molecule has 184 valence electrons. The largest absolute Gasteiger partial charge is 0.382 e. The van der Waals surface area contributed by atoms with Gasteiger partial charge in [0.15, 0.2) is 16.7 Å². The molecule has 0 aromatic carbocycles. The minimum Gasteiger partial charge on any atom is -0.382 e. The van der Waals surface area contributed by atoms with Crippen LogP contribution in [0.3, 0.4) is 0 Å². The van der Waals surface area contributed by atoms with Crippen LogP contribution in [0.1, 0.15) is 80.1 Å². The number of imidazole rings is 1. The highest BCUT2D eigenvalue weighted by Gasteiger charge is 2.39. The van der Waals surface area contributed by atoms with Crippen molar-refractivity contribution < 1.29 is 14.7 Å². The van der Waals surface area contributed by atoms with Gasteiger partial charge in [-0.15, -0.1) is 0 Å². The fourth-order valence-electron chi connectivity index (χ4n) is 5.02. The number of carbonyl (C=O) groups excluding carboxylic acids is 2. The number of aliphatic hydroxyl groups is 1. The van der Waals surface area contributed by atoms with Crippen LogP contribution in [0.15, 0.2) is 41.4 Å². The molecule has 0 saturated heterocycles. The van der Waals surface area contributed by atoms with Crippen molar-refractivity contribution in [2.24, 2.45) is 23.2 Å². The van der Waals surface area contributed by atoms with Crippen LogP contribution >= 0.6 is 11.8 Å².